The lowest BCUT2D eigenvalue weighted by Gasteiger charge is -2.15. The van der Waals surface area contributed by atoms with Crippen LogP contribution in [0.2, 0.25) is 10.0 Å². The number of hydrogen-bond donors (Lipinski definition) is 2. The van der Waals surface area contributed by atoms with Crippen LogP contribution in [-0.4, -0.2) is 47.6 Å². The van der Waals surface area contributed by atoms with E-state index in [1.807, 2.05) is 6.92 Å². The number of rotatable bonds is 9. The molecular weight excluding hydrogens is 517 g/mol. The van der Waals surface area contributed by atoms with E-state index in [-0.39, 0.29) is 34.6 Å². The number of benzene rings is 2. The minimum Gasteiger partial charge on any atom is -0.490 e. The van der Waals surface area contributed by atoms with Crippen LogP contribution < -0.4 is 20.5 Å². The number of imide groups is 1. The number of hydrogen-bond acceptors (Lipinski definition) is 7. The molecule has 0 spiro atoms. The molecule has 2 aromatic rings. The van der Waals surface area contributed by atoms with Crippen molar-refractivity contribution in [2.24, 2.45) is 5.73 Å². The molecule has 0 saturated carbocycles. The van der Waals surface area contributed by atoms with Gasteiger partial charge in [0.2, 0.25) is 5.91 Å². The molecule has 1 aliphatic rings. The molecule has 4 amide bonds. The third-order valence-electron chi connectivity index (χ3n) is 4.62. The molecule has 35 heavy (non-hydrogen) atoms. The Morgan fingerprint density at radius 3 is 2.54 bits per heavy atom. The highest BCUT2D eigenvalue weighted by Gasteiger charge is 2.36. The number of primary amides is 1. The molecule has 9 nitrogen and oxygen atoms in total. The lowest BCUT2D eigenvalue weighted by Crippen LogP contribution is -2.36. The minimum atomic E-state index is -0.800. The first-order valence-corrected chi connectivity index (χ1v) is 11.8. The van der Waals surface area contributed by atoms with E-state index in [1.165, 1.54) is 12.1 Å². The molecule has 2 aromatic carbocycles. The van der Waals surface area contributed by atoms with Crippen LogP contribution >= 0.6 is 35.0 Å². The predicted octanol–water partition coefficient (Wildman–Crippen LogP) is 4.24. The molecule has 0 aromatic heterocycles. The Kier molecular flexibility index (Phi) is 8.66. The van der Waals surface area contributed by atoms with Crippen molar-refractivity contribution in [3.05, 3.63) is 56.4 Å². The Labute approximate surface area is 215 Å². The van der Waals surface area contributed by atoms with Gasteiger partial charge in [-0.25, -0.2) is 0 Å². The van der Waals surface area contributed by atoms with Crippen molar-refractivity contribution in [3.8, 4) is 11.5 Å². The summed E-state index contributed by atoms with van der Waals surface area (Å²) < 4.78 is 11.2. The zero-order valence-electron chi connectivity index (χ0n) is 18.7. The van der Waals surface area contributed by atoms with Gasteiger partial charge in [-0.3, -0.25) is 24.1 Å². The summed E-state index contributed by atoms with van der Waals surface area (Å²) in [6, 6.07) is 8.19. The van der Waals surface area contributed by atoms with E-state index in [4.69, 9.17) is 38.4 Å². The van der Waals surface area contributed by atoms with E-state index in [1.54, 1.807) is 31.2 Å². The quantitative estimate of drug-likeness (QED) is 0.457. The topological polar surface area (TPSA) is 128 Å². The maximum absolute atomic E-state index is 12.5. The smallest absolute Gasteiger partial charge is 0.294 e. The van der Waals surface area contributed by atoms with Crippen LogP contribution in [0.1, 0.15) is 18.1 Å². The SMILES string of the molecule is CCOc1cc(/C=C2\SC(=O)N(CC(N)=O)C2=O)cc(Cl)c1OCC(=O)Nc1ccc(C)c(Cl)c1. The highest BCUT2D eigenvalue weighted by atomic mass is 35.5. The molecular formula is C23H21Cl2N3O6S. The van der Waals surface area contributed by atoms with Crippen LogP contribution in [-0.2, 0) is 14.4 Å². The maximum atomic E-state index is 12.5. The summed E-state index contributed by atoms with van der Waals surface area (Å²) in [5, 5.41) is 2.74. The van der Waals surface area contributed by atoms with E-state index in [9.17, 15) is 19.2 Å². The fraction of sp³-hybridized carbons (Fsp3) is 0.217. The van der Waals surface area contributed by atoms with Gasteiger partial charge >= 0.3 is 0 Å². The number of anilines is 1. The number of carbonyl (C=O) groups excluding carboxylic acids is 4. The van der Waals surface area contributed by atoms with Crippen LogP contribution in [0.4, 0.5) is 10.5 Å². The van der Waals surface area contributed by atoms with Crippen molar-refractivity contribution in [3.63, 3.8) is 0 Å². The number of amides is 4. The Morgan fingerprint density at radius 1 is 1.14 bits per heavy atom. The van der Waals surface area contributed by atoms with E-state index >= 15 is 0 Å². The number of nitrogens with zero attached hydrogens (tertiary/aromatic N) is 1. The van der Waals surface area contributed by atoms with Crippen LogP contribution in [0.5, 0.6) is 11.5 Å². The van der Waals surface area contributed by atoms with E-state index in [2.05, 4.69) is 5.32 Å². The predicted molar refractivity (Wildman–Crippen MR) is 135 cm³/mol. The van der Waals surface area contributed by atoms with Gasteiger partial charge in [-0.2, -0.15) is 0 Å². The lowest BCUT2D eigenvalue weighted by molar-refractivity contribution is -0.127. The van der Waals surface area contributed by atoms with E-state index < -0.39 is 29.5 Å². The first-order valence-electron chi connectivity index (χ1n) is 10.3. The lowest BCUT2D eigenvalue weighted by atomic mass is 10.1. The summed E-state index contributed by atoms with van der Waals surface area (Å²) in [6.07, 6.45) is 1.44. The van der Waals surface area contributed by atoms with Crippen molar-refractivity contribution in [1.82, 2.24) is 4.90 Å². The normalized spacial score (nSPS) is 14.4. The van der Waals surface area contributed by atoms with Crippen LogP contribution in [0.15, 0.2) is 35.2 Å². The van der Waals surface area contributed by atoms with Gasteiger partial charge in [0.25, 0.3) is 17.1 Å². The molecule has 0 radical (unpaired) electrons. The first kappa shape index (κ1) is 26.4. The van der Waals surface area contributed by atoms with Gasteiger partial charge in [-0.05, 0) is 67.1 Å². The van der Waals surface area contributed by atoms with Gasteiger partial charge in [-0.1, -0.05) is 29.3 Å². The van der Waals surface area contributed by atoms with Gasteiger partial charge in [0.1, 0.15) is 6.54 Å². The van der Waals surface area contributed by atoms with Crippen molar-refractivity contribution < 1.29 is 28.7 Å². The second-order valence-corrected chi connectivity index (χ2v) is 9.11. The molecule has 1 fully saturated rings. The molecule has 1 saturated heterocycles. The Balaban J connectivity index is 1.76. The van der Waals surface area contributed by atoms with Gasteiger partial charge in [0.15, 0.2) is 18.1 Å². The zero-order valence-corrected chi connectivity index (χ0v) is 21.1. The number of aryl methyl sites for hydroxylation is 1. The molecule has 0 bridgehead atoms. The number of halogens is 2. The van der Waals surface area contributed by atoms with E-state index in [0.29, 0.717) is 28.0 Å². The number of ether oxygens (including phenoxy) is 2. The summed E-state index contributed by atoms with van der Waals surface area (Å²) in [5.74, 6) is -1.48. The minimum absolute atomic E-state index is 0.0968. The number of nitrogens with one attached hydrogen (secondary N) is 1. The van der Waals surface area contributed by atoms with Gasteiger partial charge < -0.3 is 20.5 Å². The Bertz CT molecular complexity index is 1230. The highest BCUT2D eigenvalue weighted by Crippen LogP contribution is 2.39. The van der Waals surface area contributed by atoms with Crippen molar-refractivity contribution in [1.29, 1.82) is 0 Å². The molecule has 1 heterocycles. The summed E-state index contributed by atoms with van der Waals surface area (Å²) in [5.41, 5.74) is 6.95. The van der Waals surface area contributed by atoms with Gasteiger partial charge in [0, 0.05) is 10.7 Å². The first-order chi connectivity index (χ1) is 16.6. The standard InChI is InChI=1S/C23H21Cl2N3O6S/c1-3-33-17-7-13(8-18-22(31)28(10-19(26)29)23(32)35-18)6-16(25)21(17)34-11-20(30)27-14-5-4-12(2)15(24)9-14/h4-9H,3,10-11H2,1-2H3,(H2,26,29)(H,27,30)/b18-8-. The highest BCUT2D eigenvalue weighted by molar-refractivity contribution is 8.18. The monoisotopic (exact) mass is 537 g/mol. The number of nitrogens with two attached hydrogens (primary N) is 1. The van der Waals surface area contributed by atoms with Crippen molar-refractivity contribution >= 4 is 69.7 Å². The fourth-order valence-corrected chi connectivity index (χ4v) is 4.32. The zero-order chi connectivity index (χ0) is 25.7. The summed E-state index contributed by atoms with van der Waals surface area (Å²) >= 11 is 13.1. The maximum Gasteiger partial charge on any atom is 0.294 e. The third-order valence-corrected chi connectivity index (χ3v) is 6.22. The molecule has 0 unspecified atom stereocenters. The molecule has 184 valence electrons. The van der Waals surface area contributed by atoms with Gasteiger partial charge in [-0.15, -0.1) is 0 Å². The van der Waals surface area contributed by atoms with Crippen LogP contribution in [0.25, 0.3) is 6.08 Å². The number of carbonyl (C=O) groups is 4. The number of thioether (sulfide) groups is 1. The summed E-state index contributed by atoms with van der Waals surface area (Å²) in [4.78, 5) is 48.8. The van der Waals surface area contributed by atoms with Crippen LogP contribution in [0, 0.1) is 6.92 Å². The van der Waals surface area contributed by atoms with E-state index in [0.717, 1.165) is 10.5 Å². The van der Waals surface area contributed by atoms with Crippen LogP contribution in [0.3, 0.4) is 0 Å². The second-order valence-electron chi connectivity index (χ2n) is 7.30. The average molecular weight is 538 g/mol. The molecule has 1 aliphatic heterocycles. The van der Waals surface area contributed by atoms with Crippen molar-refractivity contribution in [2.75, 3.05) is 25.1 Å². The molecule has 12 heteroatoms. The molecule has 3 rings (SSSR count). The summed E-state index contributed by atoms with van der Waals surface area (Å²) in [7, 11) is 0. The second kappa shape index (κ2) is 11.5. The molecule has 0 atom stereocenters. The average Bonchev–Trinajstić information content (AvgIpc) is 3.03. The summed E-state index contributed by atoms with van der Waals surface area (Å²) in [6.45, 7) is 3.03. The molecule has 3 N–H and O–H groups in total. The van der Waals surface area contributed by atoms with Gasteiger partial charge in [0.05, 0.1) is 16.5 Å². The largest absolute Gasteiger partial charge is 0.490 e. The Morgan fingerprint density at radius 2 is 1.89 bits per heavy atom. The molecule has 0 aliphatic carbocycles. The Hall–Kier alpha value is -3.21. The fourth-order valence-electron chi connectivity index (χ4n) is 3.02. The third kappa shape index (κ3) is 6.68. The van der Waals surface area contributed by atoms with Crippen molar-refractivity contribution in [2.45, 2.75) is 13.8 Å².